The molecule has 0 atom stereocenters. The lowest BCUT2D eigenvalue weighted by Crippen LogP contribution is -2.46. The number of hydrogen-bond acceptors (Lipinski definition) is 7. The van der Waals surface area contributed by atoms with Crippen molar-refractivity contribution in [3.63, 3.8) is 0 Å². The average Bonchev–Trinajstić information content (AvgIpc) is 3.47. The quantitative estimate of drug-likeness (QED) is 0.315. The van der Waals surface area contributed by atoms with Gasteiger partial charge in [-0.25, -0.2) is 0 Å². The molecule has 0 bridgehead atoms. The number of amides is 1. The first-order valence-corrected chi connectivity index (χ1v) is 13.3. The van der Waals surface area contributed by atoms with Crippen molar-refractivity contribution in [2.24, 2.45) is 4.99 Å². The lowest BCUT2D eigenvalue weighted by Gasteiger charge is -2.32. The van der Waals surface area contributed by atoms with E-state index in [4.69, 9.17) is 9.47 Å². The van der Waals surface area contributed by atoms with E-state index < -0.39 is 11.7 Å². The van der Waals surface area contributed by atoms with E-state index in [1.54, 1.807) is 18.3 Å². The van der Waals surface area contributed by atoms with Crippen molar-refractivity contribution in [1.29, 1.82) is 0 Å². The van der Waals surface area contributed by atoms with E-state index in [2.05, 4.69) is 26.9 Å². The van der Waals surface area contributed by atoms with Crippen molar-refractivity contribution in [3.05, 3.63) is 64.2 Å². The van der Waals surface area contributed by atoms with E-state index in [1.165, 1.54) is 35.7 Å². The molecule has 2 aliphatic rings. The van der Waals surface area contributed by atoms with Crippen molar-refractivity contribution >= 4 is 39.8 Å². The molecular weight excluding hydrogens is 531 g/mol. The second-order valence-corrected chi connectivity index (χ2v) is 10.4. The highest BCUT2D eigenvalue weighted by molar-refractivity contribution is 8.18. The van der Waals surface area contributed by atoms with E-state index in [0.29, 0.717) is 10.4 Å². The van der Waals surface area contributed by atoms with Crippen LogP contribution in [0.25, 0.3) is 17.0 Å². The SMILES string of the molecule is COCCOc1ccc(Cn2ncc3cc(C=C4SC(N5CCN(C)CC5)=NC4=O)ccc32)c(C(F)(F)F)c1. The zero-order valence-corrected chi connectivity index (χ0v) is 22.4. The summed E-state index contributed by atoms with van der Waals surface area (Å²) < 4.78 is 53.3. The van der Waals surface area contributed by atoms with Crippen LogP contribution in [0.15, 0.2) is 52.5 Å². The molecule has 39 heavy (non-hydrogen) atoms. The van der Waals surface area contributed by atoms with Gasteiger partial charge in [0.1, 0.15) is 12.4 Å². The molecule has 1 saturated heterocycles. The fourth-order valence-corrected chi connectivity index (χ4v) is 5.42. The summed E-state index contributed by atoms with van der Waals surface area (Å²) in [5.74, 6) is -0.135. The Labute approximate surface area is 228 Å². The van der Waals surface area contributed by atoms with Crippen LogP contribution in [0.2, 0.25) is 0 Å². The van der Waals surface area contributed by atoms with E-state index in [-0.39, 0.29) is 37.0 Å². The minimum absolute atomic E-state index is 0.0618. The summed E-state index contributed by atoms with van der Waals surface area (Å²) in [6.07, 6.45) is -1.14. The summed E-state index contributed by atoms with van der Waals surface area (Å²) in [6.45, 7) is 3.87. The van der Waals surface area contributed by atoms with Crippen LogP contribution in [0.1, 0.15) is 16.7 Å². The molecule has 2 aliphatic heterocycles. The highest BCUT2D eigenvalue weighted by Crippen LogP contribution is 2.35. The number of amidine groups is 1. The van der Waals surface area contributed by atoms with Gasteiger partial charge in [-0.15, -0.1) is 0 Å². The normalized spacial score (nSPS) is 17.9. The largest absolute Gasteiger partial charge is 0.491 e. The Hall–Kier alpha value is -3.35. The van der Waals surface area contributed by atoms with E-state index in [0.717, 1.165) is 48.4 Å². The zero-order valence-electron chi connectivity index (χ0n) is 21.6. The van der Waals surface area contributed by atoms with Crippen LogP contribution in [0, 0.1) is 0 Å². The number of piperazine rings is 1. The van der Waals surface area contributed by atoms with Gasteiger partial charge in [0.15, 0.2) is 5.17 Å². The number of thioether (sulfide) groups is 1. The molecule has 206 valence electrons. The number of rotatable bonds is 7. The molecular formula is C27H28F3N5O3S. The number of fused-ring (bicyclic) bond motifs is 1. The van der Waals surface area contributed by atoms with Crippen LogP contribution in [0.5, 0.6) is 5.75 Å². The number of alkyl halides is 3. The molecule has 2 aromatic carbocycles. The summed E-state index contributed by atoms with van der Waals surface area (Å²) in [7, 11) is 3.57. The monoisotopic (exact) mass is 559 g/mol. The van der Waals surface area contributed by atoms with Gasteiger partial charge < -0.3 is 19.3 Å². The molecule has 1 aromatic heterocycles. The van der Waals surface area contributed by atoms with Gasteiger partial charge >= 0.3 is 6.18 Å². The predicted molar refractivity (Wildman–Crippen MR) is 145 cm³/mol. The summed E-state index contributed by atoms with van der Waals surface area (Å²) in [6, 6.07) is 9.44. The predicted octanol–water partition coefficient (Wildman–Crippen LogP) is 4.35. The van der Waals surface area contributed by atoms with Crippen LogP contribution in [-0.2, 0) is 22.3 Å². The van der Waals surface area contributed by atoms with Crippen molar-refractivity contribution in [1.82, 2.24) is 19.6 Å². The van der Waals surface area contributed by atoms with Gasteiger partial charge in [0.25, 0.3) is 5.91 Å². The number of carbonyl (C=O) groups excluding carboxylic acids is 1. The molecule has 3 heterocycles. The number of ether oxygens (including phenoxy) is 2. The van der Waals surface area contributed by atoms with Crippen molar-refractivity contribution in [2.75, 3.05) is 53.6 Å². The highest BCUT2D eigenvalue weighted by atomic mass is 32.2. The number of likely N-dealkylation sites (N-methyl/N-ethyl adjacent to an activating group) is 1. The number of methoxy groups -OCH3 is 1. The summed E-state index contributed by atoms with van der Waals surface area (Å²) in [5, 5.41) is 5.82. The molecule has 12 heteroatoms. The Morgan fingerprint density at radius 1 is 1.08 bits per heavy atom. The van der Waals surface area contributed by atoms with Gasteiger partial charge in [-0.05, 0) is 60.3 Å². The van der Waals surface area contributed by atoms with Gasteiger partial charge in [-0.1, -0.05) is 12.1 Å². The van der Waals surface area contributed by atoms with E-state index in [9.17, 15) is 18.0 Å². The Bertz CT molecular complexity index is 1430. The average molecular weight is 560 g/mol. The van der Waals surface area contributed by atoms with Gasteiger partial charge in [0.05, 0.1) is 35.3 Å². The van der Waals surface area contributed by atoms with Crippen LogP contribution in [-0.4, -0.2) is 84.2 Å². The van der Waals surface area contributed by atoms with Crippen molar-refractivity contribution < 1.29 is 27.4 Å². The Balaban J connectivity index is 1.33. The van der Waals surface area contributed by atoms with E-state index in [1.807, 2.05) is 12.1 Å². The number of aliphatic imine (C=N–C) groups is 1. The summed E-state index contributed by atoms with van der Waals surface area (Å²) in [5.41, 5.74) is 0.793. The van der Waals surface area contributed by atoms with Crippen molar-refractivity contribution in [2.45, 2.75) is 12.7 Å². The molecule has 3 aromatic rings. The number of hydrogen-bond donors (Lipinski definition) is 0. The molecule has 1 fully saturated rings. The maximum Gasteiger partial charge on any atom is 0.416 e. The fraction of sp³-hybridized carbons (Fsp3) is 0.370. The minimum atomic E-state index is -4.55. The lowest BCUT2D eigenvalue weighted by molar-refractivity contribution is -0.138. The van der Waals surface area contributed by atoms with Gasteiger partial charge in [-0.2, -0.15) is 23.3 Å². The Morgan fingerprint density at radius 3 is 2.62 bits per heavy atom. The molecule has 0 spiro atoms. The van der Waals surface area contributed by atoms with E-state index >= 15 is 0 Å². The second-order valence-electron chi connectivity index (χ2n) is 9.38. The lowest BCUT2D eigenvalue weighted by atomic mass is 10.1. The molecule has 0 N–H and O–H groups in total. The maximum atomic E-state index is 13.8. The van der Waals surface area contributed by atoms with Crippen molar-refractivity contribution in [3.8, 4) is 5.75 Å². The molecule has 5 rings (SSSR count). The third-order valence-corrected chi connectivity index (χ3v) is 7.65. The summed E-state index contributed by atoms with van der Waals surface area (Å²) >= 11 is 1.37. The first-order valence-electron chi connectivity index (χ1n) is 12.4. The molecule has 0 radical (unpaired) electrons. The molecule has 0 saturated carbocycles. The highest BCUT2D eigenvalue weighted by Gasteiger charge is 2.34. The van der Waals surface area contributed by atoms with Gasteiger partial charge in [0.2, 0.25) is 0 Å². The number of nitrogens with zero attached hydrogens (tertiary/aromatic N) is 5. The van der Waals surface area contributed by atoms with Gasteiger partial charge in [0, 0.05) is 38.7 Å². The number of benzene rings is 2. The topological polar surface area (TPSA) is 72.2 Å². The van der Waals surface area contributed by atoms with Crippen LogP contribution in [0.4, 0.5) is 13.2 Å². The standard InChI is InChI=1S/C27H28F3N5O3S/c1-33-7-9-34(10-8-33)26-32-25(36)24(39-26)14-18-3-6-23-20(13-18)16-31-35(23)17-19-4-5-21(38-12-11-37-2)15-22(19)27(28,29)30/h3-6,13-16H,7-12,17H2,1-2H3. The van der Waals surface area contributed by atoms with Crippen LogP contribution < -0.4 is 4.74 Å². The Morgan fingerprint density at radius 2 is 1.87 bits per heavy atom. The first kappa shape index (κ1) is 27.2. The fourth-order valence-electron chi connectivity index (χ4n) is 4.46. The van der Waals surface area contributed by atoms with Gasteiger partial charge in [-0.3, -0.25) is 9.48 Å². The molecule has 0 unspecified atom stereocenters. The Kier molecular flexibility index (Phi) is 7.96. The molecule has 1 amide bonds. The molecule has 8 nitrogen and oxygen atoms in total. The third kappa shape index (κ3) is 6.29. The zero-order chi connectivity index (χ0) is 27.6. The summed E-state index contributed by atoms with van der Waals surface area (Å²) in [4.78, 5) is 21.7. The third-order valence-electron chi connectivity index (χ3n) is 6.61. The second kappa shape index (κ2) is 11.4. The minimum Gasteiger partial charge on any atom is -0.491 e. The number of carbonyl (C=O) groups is 1. The molecule has 0 aliphatic carbocycles. The maximum absolute atomic E-state index is 13.8. The van der Waals surface area contributed by atoms with Crippen LogP contribution >= 0.6 is 11.8 Å². The number of aromatic nitrogens is 2. The smallest absolute Gasteiger partial charge is 0.416 e. The first-order chi connectivity index (χ1) is 18.7. The number of halogens is 3. The van der Waals surface area contributed by atoms with Crippen LogP contribution in [0.3, 0.4) is 0 Å².